The van der Waals surface area contributed by atoms with E-state index in [2.05, 4.69) is 10.5 Å². The van der Waals surface area contributed by atoms with Gasteiger partial charge in [0.15, 0.2) is 0 Å². The molecule has 0 radical (unpaired) electrons. The van der Waals surface area contributed by atoms with Crippen molar-refractivity contribution in [1.29, 1.82) is 0 Å². The number of nitrogens with zero attached hydrogens (tertiary/aromatic N) is 2. The molecule has 3 aromatic rings. The molecule has 3 aromatic carbocycles. The van der Waals surface area contributed by atoms with E-state index in [1.165, 1.54) is 25.5 Å². The van der Waals surface area contributed by atoms with Gasteiger partial charge in [-0.15, -0.1) is 0 Å². The summed E-state index contributed by atoms with van der Waals surface area (Å²) in [6, 6.07) is 20.0. The van der Waals surface area contributed by atoms with Crippen LogP contribution in [-0.2, 0) is 14.8 Å². The Balaban J connectivity index is 1.80. The molecular formula is C24H25N3O5S. The smallest absolute Gasteiger partial charge is 0.264 e. The molecule has 3 rings (SSSR count). The number of nitrogens with one attached hydrogen (secondary N) is 1. The highest BCUT2D eigenvalue weighted by molar-refractivity contribution is 7.92. The lowest BCUT2D eigenvalue weighted by atomic mass is 10.2. The quantitative estimate of drug-likeness (QED) is 0.384. The number of ether oxygens (including phenoxy) is 2. The molecule has 9 heteroatoms. The summed E-state index contributed by atoms with van der Waals surface area (Å²) in [5.41, 5.74) is 4.47. The van der Waals surface area contributed by atoms with Crippen LogP contribution in [0, 0.1) is 6.92 Å². The minimum atomic E-state index is -4.02. The van der Waals surface area contributed by atoms with Crippen LogP contribution in [0.5, 0.6) is 11.5 Å². The first kappa shape index (κ1) is 23.8. The number of aryl methyl sites for hydroxylation is 1. The molecule has 33 heavy (non-hydrogen) atoms. The first-order chi connectivity index (χ1) is 15.8. The predicted octanol–water partition coefficient (Wildman–Crippen LogP) is 3.36. The molecule has 0 fully saturated rings. The van der Waals surface area contributed by atoms with Gasteiger partial charge in [0.25, 0.3) is 15.9 Å². The van der Waals surface area contributed by atoms with E-state index in [0.717, 1.165) is 15.4 Å². The van der Waals surface area contributed by atoms with E-state index in [4.69, 9.17) is 9.47 Å². The topological polar surface area (TPSA) is 97.3 Å². The number of hydrogen-bond donors (Lipinski definition) is 1. The number of anilines is 1. The molecule has 8 nitrogen and oxygen atoms in total. The molecule has 0 bridgehead atoms. The van der Waals surface area contributed by atoms with Crippen molar-refractivity contribution in [3.63, 3.8) is 0 Å². The molecule has 0 aromatic heterocycles. The first-order valence-electron chi connectivity index (χ1n) is 10.0. The van der Waals surface area contributed by atoms with Crippen molar-refractivity contribution < 1.29 is 22.7 Å². The maximum atomic E-state index is 13.4. The van der Waals surface area contributed by atoms with Crippen molar-refractivity contribution in [2.45, 2.75) is 11.8 Å². The molecule has 0 saturated heterocycles. The fraction of sp³-hybridized carbons (Fsp3) is 0.167. The third kappa shape index (κ3) is 6.11. The number of carbonyl (C=O) groups excluding carboxylic acids is 1. The summed E-state index contributed by atoms with van der Waals surface area (Å²) in [4.78, 5) is 12.6. The van der Waals surface area contributed by atoms with Gasteiger partial charge >= 0.3 is 0 Å². The van der Waals surface area contributed by atoms with Crippen LogP contribution < -0.4 is 19.2 Å². The van der Waals surface area contributed by atoms with Crippen molar-refractivity contribution >= 4 is 27.8 Å². The third-order valence-electron chi connectivity index (χ3n) is 4.78. The van der Waals surface area contributed by atoms with Gasteiger partial charge in [-0.05, 0) is 73.2 Å². The minimum Gasteiger partial charge on any atom is -0.497 e. The van der Waals surface area contributed by atoms with Gasteiger partial charge in [-0.1, -0.05) is 17.7 Å². The number of rotatable bonds is 9. The minimum absolute atomic E-state index is 0.0402. The van der Waals surface area contributed by atoms with Gasteiger partial charge in [-0.3, -0.25) is 9.10 Å². The fourth-order valence-corrected chi connectivity index (χ4v) is 4.36. The van der Waals surface area contributed by atoms with Gasteiger partial charge < -0.3 is 9.47 Å². The lowest BCUT2D eigenvalue weighted by Crippen LogP contribution is -2.39. The normalized spacial score (nSPS) is 11.2. The van der Waals surface area contributed by atoms with Crippen LogP contribution in [0.4, 0.5) is 5.69 Å². The summed E-state index contributed by atoms with van der Waals surface area (Å²) in [5, 5.41) is 3.93. The van der Waals surface area contributed by atoms with E-state index in [1.54, 1.807) is 67.8 Å². The number of carbonyl (C=O) groups is 1. The van der Waals surface area contributed by atoms with Gasteiger partial charge in [-0.2, -0.15) is 5.10 Å². The van der Waals surface area contributed by atoms with Crippen molar-refractivity contribution in [1.82, 2.24) is 5.43 Å². The molecule has 0 saturated carbocycles. The van der Waals surface area contributed by atoms with Crippen molar-refractivity contribution in [2.24, 2.45) is 5.10 Å². The Morgan fingerprint density at radius 3 is 2.00 bits per heavy atom. The molecule has 1 N–H and O–H groups in total. The molecule has 0 aliphatic rings. The van der Waals surface area contributed by atoms with E-state index < -0.39 is 22.5 Å². The second kappa shape index (κ2) is 10.6. The Bertz CT molecular complexity index is 1210. The molecule has 0 aliphatic carbocycles. The Hall–Kier alpha value is -3.85. The van der Waals surface area contributed by atoms with Gasteiger partial charge in [0, 0.05) is 0 Å². The maximum absolute atomic E-state index is 13.4. The maximum Gasteiger partial charge on any atom is 0.264 e. The monoisotopic (exact) mass is 467 g/mol. The summed E-state index contributed by atoms with van der Waals surface area (Å²) in [6.07, 6.45) is 1.46. The highest BCUT2D eigenvalue weighted by Crippen LogP contribution is 2.25. The largest absolute Gasteiger partial charge is 0.497 e. The molecule has 0 spiro atoms. The first-order valence-corrected chi connectivity index (χ1v) is 11.5. The lowest BCUT2D eigenvalue weighted by Gasteiger charge is -2.24. The zero-order valence-corrected chi connectivity index (χ0v) is 19.4. The zero-order valence-electron chi connectivity index (χ0n) is 18.6. The average molecular weight is 468 g/mol. The number of sulfonamides is 1. The summed E-state index contributed by atoms with van der Waals surface area (Å²) >= 11 is 0. The summed E-state index contributed by atoms with van der Waals surface area (Å²) < 4.78 is 38.0. The molecule has 0 heterocycles. The van der Waals surface area contributed by atoms with Crippen LogP contribution in [0.1, 0.15) is 11.1 Å². The Labute approximate surface area is 193 Å². The molecular weight excluding hydrogens is 442 g/mol. The number of hydrogen-bond acceptors (Lipinski definition) is 6. The van der Waals surface area contributed by atoms with E-state index >= 15 is 0 Å². The lowest BCUT2D eigenvalue weighted by molar-refractivity contribution is -0.119. The van der Waals surface area contributed by atoms with Gasteiger partial charge in [0.1, 0.15) is 18.0 Å². The van der Waals surface area contributed by atoms with Crippen LogP contribution in [0.3, 0.4) is 0 Å². The van der Waals surface area contributed by atoms with Crippen LogP contribution in [0.15, 0.2) is 82.8 Å². The van der Waals surface area contributed by atoms with Crippen molar-refractivity contribution in [3.8, 4) is 11.5 Å². The van der Waals surface area contributed by atoms with Gasteiger partial charge in [0.2, 0.25) is 0 Å². The van der Waals surface area contributed by atoms with Crippen LogP contribution in [0.2, 0.25) is 0 Å². The molecule has 1 amide bonds. The number of amides is 1. The highest BCUT2D eigenvalue weighted by atomic mass is 32.2. The molecule has 0 atom stereocenters. The summed E-state index contributed by atoms with van der Waals surface area (Å²) in [7, 11) is -0.949. The Morgan fingerprint density at radius 1 is 0.909 bits per heavy atom. The average Bonchev–Trinajstić information content (AvgIpc) is 2.83. The number of hydrazone groups is 1. The number of benzene rings is 3. The van der Waals surface area contributed by atoms with Crippen LogP contribution in [-0.4, -0.2) is 41.3 Å². The molecule has 172 valence electrons. The summed E-state index contributed by atoms with van der Waals surface area (Å²) in [5.74, 6) is 0.646. The Kier molecular flexibility index (Phi) is 7.68. The second-order valence-corrected chi connectivity index (χ2v) is 8.95. The predicted molar refractivity (Wildman–Crippen MR) is 127 cm³/mol. The fourth-order valence-electron chi connectivity index (χ4n) is 2.94. The van der Waals surface area contributed by atoms with Crippen molar-refractivity contribution in [3.05, 3.63) is 83.9 Å². The third-order valence-corrected chi connectivity index (χ3v) is 6.56. The van der Waals surface area contributed by atoms with Crippen LogP contribution >= 0.6 is 0 Å². The van der Waals surface area contributed by atoms with E-state index in [1.807, 2.05) is 6.92 Å². The van der Waals surface area contributed by atoms with Gasteiger partial charge in [-0.25, -0.2) is 13.8 Å². The SMILES string of the molecule is COc1ccc(/C=N\NC(=O)CN(c2ccc(C)cc2)S(=O)(=O)c2ccc(OC)cc2)cc1. The molecule has 0 aliphatic heterocycles. The van der Waals surface area contributed by atoms with E-state index in [-0.39, 0.29) is 4.90 Å². The highest BCUT2D eigenvalue weighted by Gasteiger charge is 2.27. The van der Waals surface area contributed by atoms with E-state index in [0.29, 0.717) is 17.2 Å². The molecule has 0 unspecified atom stereocenters. The van der Waals surface area contributed by atoms with E-state index in [9.17, 15) is 13.2 Å². The standard InChI is InChI=1S/C24H25N3O5S/c1-18-4-8-20(9-5-18)27(33(29,30)23-14-12-22(32-3)13-15-23)17-24(28)26-25-16-19-6-10-21(31-2)11-7-19/h4-16H,17H2,1-3H3,(H,26,28)/b25-16-. The van der Waals surface area contributed by atoms with Crippen LogP contribution in [0.25, 0.3) is 0 Å². The number of methoxy groups -OCH3 is 2. The zero-order chi connectivity index (χ0) is 23.8. The second-order valence-electron chi connectivity index (χ2n) is 7.09. The van der Waals surface area contributed by atoms with Gasteiger partial charge in [0.05, 0.1) is 31.0 Å². The van der Waals surface area contributed by atoms with Crippen molar-refractivity contribution in [2.75, 3.05) is 25.1 Å². The summed E-state index contributed by atoms with van der Waals surface area (Å²) in [6.45, 7) is 1.45. The Morgan fingerprint density at radius 2 is 1.45 bits per heavy atom.